The molecule has 0 atom stereocenters. The Hall–Kier alpha value is -2.93. The van der Waals surface area contributed by atoms with Crippen LogP contribution in [0.2, 0.25) is 5.15 Å². The predicted molar refractivity (Wildman–Crippen MR) is 99.2 cm³/mol. The molecule has 3 heterocycles. The maximum Gasteiger partial charge on any atom is 0.337 e. The van der Waals surface area contributed by atoms with Crippen molar-refractivity contribution in [3.05, 3.63) is 58.5 Å². The molecule has 0 bridgehead atoms. The molecule has 1 aliphatic rings. The van der Waals surface area contributed by atoms with Crippen molar-refractivity contribution in [3.63, 3.8) is 0 Å². The predicted octanol–water partition coefficient (Wildman–Crippen LogP) is 3.28. The minimum atomic E-state index is -0.922. The SMILES string of the molecule is Cc1cc(N)cnc1Cl.O=C(O)c1c[nH]c2c1-c1ncncc1CCC2. The summed E-state index contributed by atoms with van der Waals surface area (Å²) in [5, 5.41) is 9.70. The Kier molecular flexibility index (Phi) is 5.18. The van der Waals surface area contributed by atoms with Gasteiger partial charge >= 0.3 is 5.97 Å². The summed E-state index contributed by atoms with van der Waals surface area (Å²) in [5.41, 5.74) is 10.7. The second-order valence-corrected chi connectivity index (χ2v) is 6.35. The highest BCUT2D eigenvalue weighted by Crippen LogP contribution is 2.32. The van der Waals surface area contributed by atoms with Crippen LogP contribution in [-0.4, -0.2) is 31.0 Å². The van der Waals surface area contributed by atoms with Crippen LogP contribution in [0.25, 0.3) is 11.3 Å². The number of carboxylic acid groups (broad SMARTS) is 1. The van der Waals surface area contributed by atoms with E-state index in [1.165, 1.54) is 12.5 Å². The molecule has 0 spiro atoms. The molecule has 0 unspecified atom stereocenters. The van der Waals surface area contributed by atoms with Crippen molar-refractivity contribution in [3.8, 4) is 11.3 Å². The molecular formula is C18H18ClN5O2. The molecule has 3 aromatic heterocycles. The van der Waals surface area contributed by atoms with E-state index < -0.39 is 5.97 Å². The number of aromatic carboxylic acids is 1. The highest BCUT2D eigenvalue weighted by atomic mass is 35.5. The zero-order chi connectivity index (χ0) is 18.7. The van der Waals surface area contributed by atoms with Crippen LogP contribution in [-0.2, 0) is 12.8 Å². The highest BCUT2D eigenvalue weighted by Gasteiger charge is 2.23. The third-order valence-corrected chi connectivity index (χ3v) is 4.52. The van der Waals surface area contributed by atoms with E-state index >= 15 is 0 Å². The summed E-state index contributed by atoms with van der Waals surface area (Å²) in [5.74, 6) is -0.922. The van der Waals surface area contributed by atoms with E-state index in [2.05, 4.69) is 19.9 Å². The largest absolute Gasteiger partial charge is 0.478 e. The van der Waals surface area contributed by atoms with E-state index in [0.717, 1.165) is 47.3 Å². The smallest absolute Gasteiger partial charge is 0.337 e. The summed E-state index contributed by atoms with van der Waals surface area (Å²) >= 11 is 5.61. The molecule has 0 saturated carbocycles. The monoisotopic (exact) mass is 371 g/mol. The Labute approximate surface area is 155 Å². The minimum Gasteiger partial charge on any atom is -0.478 e. The van der Waals surface area contributed by atoms with Gasteiger partial charge in [-0.3, -0.25) is 0 Å². The Morgan fingerprint density at radius 2 is 2.12 bits per heavy atom. The molecule has 134 valence electrons. The van der Waals surface area contributed by atoms with Crippen molar-refractivity contribution in [1.29, 1.82) is 0 Å². The fraction of sp³-hybridized carbons (Fsp3) is 0.222. The van der Waals surface area contributed by atoms with Crippen LogP contribution in [0.4, 0.5) is 5.69 Å². The topological polar surface area (TPSA) is 118 Å². The van der Waals surface area contributed by atoms with Crippen LogP contribution in [0, 0.1) is 6.92 Å². The molecule has 0 amide bonds. The normalized spacial score (nSPS) is 12.2. The molecule has 0 aliphatic heterocycles. The molecule has 4 N–H and O–H groups in total. The Balaban J connectivity index is 0.000000185. The first-order chi connectivity index (χ1) is 12.5. The number of hydrogen-bond acceptors (Lipinski definition) is 5. The van der Waals surface area contributed by atoms with Crippen LogP contribution in [0.5, 0.6) is 0 Å². The van der Waals surface area contributed by atoms with Crippen molar-refractivity contribution >= 4 is 23.3 Å². The van der Waals surface area contributed by atoms with Gasteiger partial charge in [-0.2, -0.15) is 0 Å². The van der Waals surface area contributed by atoms with Crippen LogP contribution < -0.4 is 5.73 Å². The van der Waals surface area contributed by atoms with Gasteiger partial charge < -0.3 is 15.8 Å². The molecule has 0 saturated heterocycles. The van der Waals surface area contributed by atoms with Crippen molar-refractivity contribution in [2.45, 2.75) is 26.2 Å². The summed E-state index contributed by atoms with van der Waals surface area (Å²) in [6, 6.07) is 1.79. The van der Waals surface area contributed by atoms with Gasteiger partial charge in [-0.15, -0.1) is 0 Å². The number of nitrogens with zero attached hydrogens (tertiary/aromatic N) is 3. The number of nitrogen functional groups attached to an aromatic ring is 1. The number of fused-ring (bicyclic) bond motifs is 3. The molecule has 0 aromatic carbocycles. The number of pyridine rings is 1. The summed E-state index contributed by atoms with van der Waals surface area (Å²) in [4.78, 5) is 26.3. The van der Waals surface area contributed by atoms with E-state index in [0.29, 0.717) is 16.4 Å². The average molecular weight is 372 g/mol. The van der Waals surface area contributed by atoms with Gasteiger partial charge in [0, 0.05) is 23.7 Å². The van der Waals surface area contributed by atoms with Crippen LogP contribution in [0.1, 0.15) is 33.6 Å². The molecule has 0 radical (unpaired) electrons. The quantitative estimate of drug-likeness (QED) is 0.565. The number of nitrogens with two attached hydrogens (primary N) is 1. The van der Waals surface area contributed by atoms with Gasteiger partial charge in [-0.05, 0) is 43.4 Å². The average Bonchev–Trinajstić information content (AvgIpc) is 2.95. The number of carboxylic acids is 1. The second-order valence-electron chi connectivity index (χ2n) is 5.99. The number of H-pyrrole nitrogens is 1. The van der Waals surface area contributed by atoms with Gasteiger partial charge in [0.05, 0.1) is 23.1 Å². The molecule has 3 aromatic rings. The number of rotatable bonds is 1. The third kappa shape index (κ3) is 3.67. The number of aryl methyl sites for hydroxylation is 3. The molecule has 0 fully saturated rings. The van der Waals surface area contributed by atoms with Crippen molar-refractivity contribution in [1.82, 2.24) is 19.9 Å². The molecule has 1 aliphatic carbocycles. The van der Waals surface area contributed by atoms with Crippen molar-refractivity contribution in [2.24, 2.45) is 0 Å². The highest BCUT2D eigenvalue weighted by molar-refractivity contribution is 6.30. The second kappa shape index (κ2) is 7.53. The first kappa shape index (κ1) is 17.9. The number of carbonyl (C=O) groups is 1. The maximum absolute atomic E-state index is 11.2. The van der Waals surface area contributed by atoms with E-state index in [9.17, 15) is 9.90 Å². The van der Waals surface area contributed by atoms with Crippen LogP contribution in [0.15, 0.2) is 31.0 Å². The van der Waals surface area contributed by atoms with E-state index in [4.69, 9.17) is 17.3 Å². The number of anilines is 1. The lowest BCUT2D eigenvalue weighted by Crippen LogP contribution is -1.99. The van der Waals surface area contributed by atoms with E-state index in [1.54, 1.807) is 18.5 Å². The van der Waals surface area contributed by atoms with Crippen molar-refractivity contribution in [2.75, 3.05) is 5.73 Å². The van der Waals surface area contributed by atoms with Gasteiger partial charge in [-0.25, -0.2) is 19.7 Å². The number of hydrogen-bond donors (Lipinski definition) is 3. The minimum absolute atomic E-state index is 0.293. The van der Waals surface area contributed by atoms with Gasteiger partial charge in [0.2, 0.25) is 0 Å². The standard InChI is InChI=1S/C12H11N3O2.C6H7ClN2/c16-12(17)8-5-14-9-3-1-2-7-4-13-6-15-11(7)10(8)9;1-4-2-5(8)3-9-6(4)7/h4-6,14H,1-3H2,(H,16,17);2-3H,8H2,1H3. The van der Waals surface area contributed by atoms with Crippen molar-refractivity contribution < 1.29 is 9.90 Å². The Morgan fingerprint density at radius 1 is 1.31 bits per heavy atom. The first-order valence-corrected chi connectivity index (χ1v) is 8.45. The van der Waals surface area contributed by atoms with Gasteiger partial charge in [0.15, 0.2) is 0 Å². The molecule has 8 heteroatoms. The Morgan fingerprint density at radius 3 is 2.81 bits per heavy atom. The summed E-state index contributed by atoms with van der Waals surface area (Å²) < 4.78 is 0. The summed E-state index contributed by atoms with van der Waals surface area (Å²) in [6.07, 6.45) is 9.03. The zero-order valence-electron chi connectivity index (χ0n) is 14.2. The first-order valence-electron chi connectivity index (χ1n) is 8.07. The molecule has 7 nitrogen and oxygen atoms in total. The van der Waals surface area contributed by atoms with E-state index in [1.807, 2.05) is 6.92 Å². The zero-order valence-corrected chi connectivity index (χ0v) is 14.9. The van der Waals surface area contributed by atoms with Crippen LogP contribution in [0.3, 0.4) is 0 Å². The third-order valence-electron chi connectivity index (χ3n) is 4.13. The maximum atomic E-state index is 11.2. The lowest BCUT2D eigenvalue weighted by molar-refractivity contribution is 0.0698. The molecule has 4 rings (SSSR count). The van der Waals surface area contributed by atoms with E-state index in [-0.39, 0.29) is 0 Å². The lowest BCUT2D eigenvalue weighted by atomic mass is 10.0. The number of nitrogens with one attached hydrogen (secondary N) is 1. The summed E-state index contributed by atoms with van der Waals surface area (Å²) in [7, 11) is 0. The number of halogens is 1. The number of aromatic amines is 1. The fourth-order valence-corrected chi connectivity index (χ4v) is 3.01. The van der Waals surface area contributed by atoms with Gasteiger partial charge in [0.1, 0.15) is 11.5 Å². The lowest BCUT2D eigenvalue weighted by Gasteiger charge is -2.04. The summed E-state index contributed by atoms with van der Waals surface area (Å²) in [6.45, 7) is 1.87. The molecular weight excluding hydrogens is 354 g/mol. The molecule has 26 heavy (non-hydrogen) atoms. The number of aromatic nitrogens is 4. The Bertz CT molecular complexity index is 955. The van der Waals surface area contributed by atoms with Crippen LogP contribution >= 0.6 is 11.6 Å². The van der Waals surface area contributed by atoms with Gasteiger partial charge in [-0.1, -0.05) is 11.6 Å². The fourth-order valence-electron chi connectivity index (χ4n) is 2.90. The van der Waals surface area contributed by atoms with Gasteiger partial charge in [0.25, 0.3) is 0 Å².